The highest BCUT2D eigenvalue weighted by Gasteiger charge is 1.99. The van der Waals surface area contributed by atoms with Crippen LogP contribution in [-0.2, 0) is 0 Å². The van der Waals surface area contributed by atoms with Gasteiger partial charge in [0.2, 0.25) is 0 Å². The molecule has 2 nitrogen and oxygen atoms in total. The molecule has 0 aliphatic heterocycles. The molecule has 62 valence electrons. The van der Waals surface area contributed by atoms with Crippen molar-refractivity contribution in [2.45, 2.75) is 0 Å². The van der Waals surface area contributed by atoms with Crippen LogP contribution in [0.4, 0.5) is 0 Å². The summed E-state index contributed by atoms with van der Waals surface area (Å²) in [4.78, 5) is 8.61. The lowest BCUT2D eigenvalue weighted by atomic mass is 10.2. The van der Waals surface area contributed by atoms with Crippen molar-refractivity contribution in [1.29, 1.82) is 0 Å². The Morgan fingerprint density at radius 3 is 3.08 bits per heavy atom. The van der Waals surface area contributed by atoms with Gasteiger partial charge >= 0.3 is 0 Å². The predicted molar refractivity (Wildman–Crippen MR) is 54.9 cm³/mol. The SMILES string of the molecule is c1ccc2nc3ncsc3cc2c1. The second-order valence-electron chi connectivity index (χ2n) is 2.86. The molecule has 0 spiro atoms. The molecule has 3 rings (SSSR count). The van der Waals surface area contributed by atoms with Gasteiger partial charge in [-0.05, 0) is 12.1 Å². The normalized spacial score (nSPS) is 11.1. The minimum absolute atomic E-state index is 0.851. The van der Waals surface area contributed by atoms with Gasteiger partial charge in [-0.15, -0.1) is 11.3 Å². The number of rotatable bonds is 0. The van der Waals surface area contributed by atoms with Gasteiger partial charge in [-0.25, -0.2) is 9.97 Å². The van der Waals surface area contributed by atoms with Crippen molar-refractivity contribution < 1.29 is 0 Å². The Hall–Kier alpha value is -1.48. The van der Waals surface area contributed by atoms with Crippen LogP contribution in [0.1, 0.15) is 0 Å². The number of benzene rings is 1. The lowest BCUT2D eigenvalue weighted by molar-refractivity contribution is 1.38. The number of para-hydroxylation sites is 1. The molecule has 0 saturated heterocycles. The van der Waals surface area contributed by atoms with E-state index >= 15 is 0 Å². The predicted octanol–water partition coefficient (Wildman–Crippen LogP) is 2.84. The highest BCUT2D eigenvalue weighted by atomic mass is 32.1. The van der Waals surface area contributed by atoms with Gasteiger partial charge in [0.1, 0.15) is 0 Å². The van der Waals surface area contributed by atoms with Crippen LogP contribution in [0.5, 0.6) is 0 Å². The number of pyridine rings is 1. The first-order valence-electron chi connectivity index (χ1n) is 4.02. The fourth-order valence-corrected chi connectivity index (χ4v) is 2.06. The summed E-state index contributed by atoms with van der Waals surface area (Å²) < 4.78 is 1.15. The molecule has 0 fully saturated rings. The van der Waals surface area contributed by atoms with Crippen LogP contribution >= 0.6 is 11.3 Å². The van der Waals surface area contributed by atoms with Crippen LogP contribution in [-0.4, -0.2) is 9.97 Å². The molecule has 2 aromatic heterocycles. The summed E-state index contributed by atoms with van der Waals surface area (Å²) in [6.07, 6.45) is 0. The van der Waals surface area contributed by atoms with Gasteiger partial charge < -0.3 is 0 Å². The molecular formula is C10H6N2S. The van der Waals surface area contributed by atoms with E-state index in [1.165, 1.54) is 5.39 Å². The van der Waals surface area contributed by atoms with Crippen molar-refractivity contribution in [3.05, 3.63) is 35.8 Å². The second kappa shape index (κ2) is 2.50. The molecule has 13 heavy (non-hydrogen) atoms. The van der Waals surface area contributed by atoms with Crippen LogP contribution in [0.2, 0.25) is 0 Å². The van der Waals surface area contributed by atoms with Gasteiger partial charge in [-0.1, -0.05) is 18.2 Å². The summed E-state index contributed by atoms with van der Waals surface area (Å²) >= 11 is 1.63. The van der Waals surface area contributed by atoms with Crippen LogP contribution in [0.15, 0.2) is 35.8 Å². The fourth-order valence-electron chi connectivity index (χ4n) is 1.40. The molecule has 0 aliphatic rings. The quantitative estimate of drug-likeness (QED) is 0.539. The van der Waals surface area contributed by atoms with Gasteiger partial charge in [0.05, 0.1) is 15.7 Å². The topological polar surface area (TPSA) is 25.8 Å². The third kappa shape index (κ3) is 1.01. The first-order valence-corrected chi connectivity index (χ1v) is 4.90. The van der Waals surface area contributed by atoms with Crippen molar-refractivity contribution in [3.8, 4) is 0 Å². The molecule has 3 aromatic rings. The van der Waals surface area contributed by atoms with E-state index in [2.05, 4.69) is 22.1 Å². The zero-order valence-electron chi connectivity index (χ0n) is 6.77. The van der Waals surface area contributed by atoms with E-state index < -0.39 is 0 Å². The third-order valence-electron chi connectivity index (χ3n) is 2.02. The zero-order chi connectivity index (χ0) is 8.67. The van der Waals surface area contributed by atoms with Crippen molar-refractivity contribution >= 4 is 32.6 Å². The largest absolute Gasteiger partial charge is 0.227 e. The zero-order valence-corrected chi connectivity index (χ0v) is 7.58. The molecular weight excluding hydrogens is 180 g/mol. The molecule has 3 heteroatoms. The summed E-state index contributed by atoms with van der Waals surface area (Å²) in [6.45, 7) is 0. The number of aromatic nitrogens is 2. The minimum Gasteiger partial charge on any atom is -0.227 e. The average Bonchev–Trinajstić information content (AvgIpc) is 2.61. The molecule has 0 N–H and O–H groups in total. The Labute approximate surface area is 78.9 Å². The van der Waals surface area contributed by atoms with E-state index in [-0.39, 0.29) is 0 Å². The maximum absolute atomic E-state index is 4.44. The second-order valence-corrected chi connectivity index (χ2v) is 3.74. The molecule has 2 heterocycles. The first kappa shape index (κ1) is 6.97. The summed E-state index contributed by atoms with van der Waals surface area (Å²) in [5, 5.41) is 1.18. The highest BCUT2D eigenvalue weighted by Crippen LogP contribution is 2.21. The van der Waals surface area contributed by atoms with Gasteiger partial charge in [-0.2, -0.15) is 0 Å². The van der Waals surface area contributed by atoms with Crippen LogP contribution < -0.4 is 0 Å². The van der Waals surface area contributed by atoms with Gasteiger partial charge in [0, 0.05) is 5.39 Å². The number of thiazole rings is 1. The van der Waals surface area contributed by atoms with Crippen molar-refractivity contribution in [1.82, 2.24) is 9.97 Å². The smallest absolute Gasteiger partial charge is 0.170 e. The van der Waals surface area contributed by atoms with E-state index in [0.29, 0.717) is 0 Å². The molecule has 0 aliphatic carbocycles. The van der Waals surface area contributed by atoms with Crippen LogP contribution in [0.25, 0.3) is 21.3 Å². The van der Waals surface area contributed by atoms with Crippen molar-refractivity contribution in [2.24, 2.45) is 0 Å². The highest BCUT2D eigenvalue weighted by molar-refractivity contribution is 7.16. The molecule has 0 saturated carbocycles. The summed E-state index contributed by atoms with van der Waals surface area (Å²) in [6, 6.07) is 10.2. The average molecular weight is 186 g/mol. The lowest BCUT2D eigenvalue weighted by Crippen LogP contribution is -1.78. The van der Waals surface area contributed by atoms with E-state index in [0.717, 1.165) is 15.9 Å². The van der Waals surface area contributed by atoms with E-state index in [1.807, 2.05) is 23.7 Å². The first-order chi connectivity index (χ1) is 6.43. The van der Waals surface area contributed by atoms with E-state index in [9.17, 15) is 0 Å². The summed E-state index contributed by atoms with van der Waals surface area (Å²) in [7, 11) is 0. The Morgan fingerprint density at radius 1 is 1.15 bits per heavy atom. The Bertz CT molecular complexity index is 521. The number of hydrogen-bond donors (Lipinski definition) is 0. The van der Waals surface area contributed by atoms with Gasteiger partial charge in [0.25, 0.3) is 0 Å². The van der Waals surface area contributed by atoms with Crippen LogP contribution in [0, 0.1) is 0 Å². The third-order valence-corrected chi connectivity index (χ3v) is 2.79. The molecule has 0 atom stereocenters. The maximum atomic E-state index is 4.44. The maximum Gasteiger partial charge on any atom is 0.170 e. The number of nitrogens with zero attached hydrogens (tertiary/aromatic N) is 2. The van der Waals surface area contributed by atoms with Crippen molar-refractivity contribution in [2.75, 3.05) is 0 Å². The number of fused-ring (bicyclic) bond motifs is 2. The Kier molecular flexibility index (Phi) is 1.34. The standard InChI is InChI=1S/C10H6N2S/c1-2-4-8-7(3-1)5-9-10(12-8)11-6-13-9/h1-6H. The minimum atomic E-state index is 0.851. The molecule has 0 amide bonds. The monoisotopic (exact) mass is 186 g/mol. The molecule has 0 bridgehead atoms. The summed E-state index contributed by atoms with van der Waals surface area (Å²) in [5.41, 5.74) is 3.70. The fraction of sp³-hybridized carbons (Fsp3) is 0. The lowest BCUT2D eigenvalue weighted by Gasteiger charge is -1.94. The van der Waals surface area contributed by atoms with Crippen molar-refractivity contribution in [3.63, 3.8) is 0 Å². The molecule has 0 radical (unpaired) electrons. The summed E-state index contributed by atoms with van der Waals surface area (Å²) in [5.74, 6) is 0. The Morgan fingerprint density at radius 2 is 2.08 bits per heavy atom. The van der Waals surface area contributed by atoms with Gasteiger partial charge in [0.15, 0.2) is 5.65 Å². The number of hydrogen-bond acceptors (Lipinski definition) is 3. The molecule has 1 aromatic carbocycles. The Balaban J connectivity index is 2.57. The molecule has 0 unspecified atom stereocenters. The van der Waals surface area contributed by atoms with Gasteiger partial charge in [-0.3, -0.25) is 0 Å². The van der Waals surface area contributed by atoms with E-state index in [4.69, 9.17) is 0 Å². The van der Waals surface area contributed by atoms with Crippen LogP contribution in [0.3, 0.4) is 0 Å². The van der Waals surface area contributed by atoms with E-state index in [1.54, 1.807) is 11.3 Å².